The summed E-state index contributed by atoms with van der Waals surface area (Å²) >= 11 is 0. The molecule has 0 aliphatic heterocycles. The smallest absolute Gasteiger partial charge is 0.257 e. The first-order chi connectivity index (χ1) is 12.1. The summed E-state index contributed by atoms with van der Waals surface area (Å²) < 4.78 is 13.6. The number of benzene rings is 1. The Morgan fingerprint density at radius 2 is 2.08 bits per heavy atom. The highest BCUT2D eigenvalue weighted by Crippen LogP contribution is 2.25. The van der Waals surface area contributed by atoms with E-state index in [4.69, 9.17) is 4.84 Å². The summed E-state index contributed by atoms with van der Waals surface area (Å²) in [5.74, 6) is -0.862. The molecule has 1 N–H and O–H groups in total. The van der Waals surface area contributed by atoms with Crippen LogP contribution in [0.1, 0.15) is 46.3 Å². The summed E-state index contributed by atoms with van der Waals surface area (Å²) in [4.78, 5) is 21.1. The molecular formula is C19H20FN3O2. The molecule has 0 atom stereocenters. The Balaban J connectivity index is 1.87. The van der Waals surface area contributed by atoms with Gasteiger partial charge in [-0.15, -0.1) is 0 Å². The van der Waals surface area contributed by atoms with Gasteiger partial charge in [-0.2, -0.15) is 0 Å². The number of aryl methyl sites for hydroxylation is 1. The Kier molecular flexibility index (Phi) is 5.07. The topological polar surface area (TPSA) is 63.6 Å². The molecule has 0 saturated heterocycles. The molecule has 3 rings (SSSR count). The van der Waals surface area contributed by atoms with Crippen molar-refractivity contribution in [1.29, 1.82) is 0 Å². The molecule has 1 aromatic heterocycles. The molecule has 0 fully saturated rings. The fourth-order valence-electron chi connectivity index (χ4n) is 3.03. The lowest BCUT2D eigenvalue weighted by atomic mass is 10.0. The molecule has 25 heavy (non-hydrogen) atoms. The molecule has 2 aromatic rings. The molecule has 1 aliphatic rings. The van der Waals surface area contributed by atoms with Gasteiger partial charge in [0.15, 0.2) is 0 Å². The van der Waals surface area contributed by atoms with Crippen LogP contribution in [0.3, 0.4) is 0 Å². The first-order valence-electron chi connectivity index (χ1n) is 8.25. The number of anilines is 1. The molecule has 0 bridgehead atoms. The summed E-state index contributed by atoms with van der Waals surface area (Å²) in [6.07, 6.45) is 6.38. The molecule has 1 heterocycles. The second-order valence-corrected chi connectivity index (χ2v) is 6.05. The number of rotatable bonds is 3. The van der Waals surface area contributed by atoms with E-state index in [0.29, 0.717) is 5.69 Å². The van der Waals surface area contributed by atoms with Crippen LogP contribution in [-0.2, 0) is 11.3 Å². The largest absolute Gasteiger partial charge is 0.399 e. The van der Waals surface area contributed by atoms with Gasteiger partial charge < -0.3 is 10.2 Å². The number of fused-ring (bicyclic) bond motifs is 1. The van der Waals surface area contributed by atoms with Gasteiger partial charge >= 0.3 is 0 Å². The lowest BCUT2D eigenvalue weighted by Crippen LogP contribution is -2.15. The number of amides is 1. The van der Waals surface area contributed by atoms with Crippen molar-refractivity contribution in [3.05, 3.63) is 58.7 Å². The highest BCUT2D eigenvalue weighted by Gasteiger charge is 2.17. The number of carbonyl (C=O) groups excluding carboxylic acids is 1. The van der Waals surface area contributed by atoms with Gasteiger partial charge in [0.25, 0.3) is 5.91 Å². The third kappa shape index (κ3) is 3.68. The molecular weight excluding hydrogens is 321 g/mol. The third-order valence-corrected chi connectivity index (χ3v) is 4.38. The number of carbonyl (C=O) groups is 1. The molecule has 0 radical (unpaired) electrons. The second kappa shape index (κ2) is 7.42. The van der Waals surface area contributed by atoms with Crippen molar-refractivity contribution < 1.29 is 14.0 Å². The zero-order chi connectivity index (χ0) is 17.8. The van der Waals surface area contributed by atoms with Crippen molar-refractivity contribution >= 4 is 17.3 Å². The van der Waals surface area contributed by atoms with Crippen molar-refractivity contribution in [3.8, 4) is 0 Å². The van der Waals surface area contributed by atoms with E-state index in [2.05, 4.69) is 15.5 Å². The summed E-state index contributed by atoms with van der Waals surface area (Å²) in [5.41, 5.74) is 4.30. The van der Waals surface area contributed by atoms with Crippen LogP contribution in [0.5, 0.6) is 0 Å². The minimum atomic E-state index is -0.491. The van der Waals surface area contributed by atoms with Crippen molar-refractivity contribution in [2.45, 2.75) is 32.6 Å². The Labute approximate surface area is 145 Å². The van der Waals surface area contributed by atoms with Gasteiger partial charge in [0.2, 0.25) is 0 Å². The van der Waals surface area contributed by atoms with Gasteiger partial charge in [-0.05, 0) is 50.3 Å². The lowest BCUT2D eigenvalue weighted by Gasteiger charge is -2.12. The number of hydrogen-bond donors (Lipinski definition) is 1. The minimum absolute atomic E-state index is 0.233. The molecule has 1 aliphatic carbocycles. The number of oxime groups is 1. The molecule has 0 saturated carbocycles. The summed E-state index contributed by atoms with van der Waals surface area (Å²) in [6.45, 7) is 1.57. The molecule has 1 amide bonds. The molecule has 130 valence electrons. The Hall–Kier alpha value is -2.76. The molecule has 0 unspecified atom stereocenters. The maximum atomic E-state index is 13.6. The lowest BCUT2D eigenvalue weighted by molar-refractivity contribution is 0.102. The van der Waals surface area contributed by atoms with Crippen LogP contribution in [-0.4, -0.2) is 23.7 Å². The molecule has 5 nitrogen and oxygen atoms in total. The average molecular weight is 341 g/mol. The normalized spacial score (nSPS) is 15.4. The Morgan fingerprint density at radius 3 is 2.88 bits per heavy atom. The van der Waals surface area contributed by atoms with Crippen LogP contribution >= 0.6 is 0 Å². The number of halogens is 1. The average Bonchev–Trinajstić information content (AvgIpc) is 2.79. The summed E-state index contributed by atoms with van der Waals surface area (Å²) in [5, 5.41) is 6.95. The summed E-state index contributed by atoms with van der Waals surface area (Å²) in [7, 11) is 1.54. The van der Waals surface area contributed by atoms with E-state index in [-0.39, 0.29) is 17.0 Å². The van der Waals surface area contributed by atoms with Crippen molar-refractivity contribution in [1.82, 2.24) is 4.98 Å². The van der Waals surface area contributed by atoms with Gasteiger partial charge in [0.05, 0.1) is 17.5 Å². The van der Waals surface area contributed by atoms with Gasteiger partial charge in [0.1, 0.15) is 12.9 Å². The van der Waals surface area contributed by atoms with Crippen LogP contribution in [0.2, 0.25) is 0 Å². The minimum Gasteiger partial charge on any atom is -0.399 e. The van der Waals surface area contributed by atoms with E-state index < -0.39 is 5.82 Å². The molecule has 6 heteroatoms. The first-order valence-corrected chi connectivity index (χ1v) is 8.25. The maximum absolute atomic E-state index is 13.6. The highest BCUT2D eigenvalue weighted by atomic mass is 19.1. The fourth-order valence-corrected chi connectivity index (χ4v) is 3.03. The van der Waals surface area contributed by atoms with Crippen molar-refractivity contribution in [2.75, 3.05) is 12.4 Å². The van der Waals surface area contributed by atoms with Crippen LogP contribution < -0.4 is 5.32 Å². The van der Waals surface area contributed by atoms with E-state index in [9.17, 15) is 9.18 Å². The summed E-state index contributed by atoms with van der Waals surface area (Å²) in [6, 6.07) is 5.73. The Bertz CT molecular complexity index is 833. The monoisotopic (exact) mass is 341 g/mol. The van der Waals surface area contributed by atoms with Crippen LogP contribution in [0.25, 0.3) is 0 Å². The number of nitrogens with one attached hydrogen (secondary N) is 1. The maximum Gasteiger partial charge on any atom is 0.257 e. The van der Waals surface area contributed by atoms with Gasteiger partial charge in [-0.3, -0.25) is 9.78 Å². The fraction of sp³-hybridized carbons (Fsp3) is 0.316. The standard InChI is InChI=1S/C19H20FN3O2/c1-12-16(10-21-11-17(12)20)19(24)22-14-7-8-15-13(9-14)5-3-4-6-18(15)23-25-2/h7-11H,3-6H2,1-2H3,(H,22,24)/b23-18+. The van der Waals surface area contributed by atoms with Crippen molar-refractivity contribution in [2.24, 2.45) is 5.16 Å². The quantitative estimate of drug-likeness (QED) is 0.681. The predicted octanol–water partition coefficient (Wildman–Crippen LogP) is 3.86. The third-order valence-electron chi connectivity index (χ3n) is 4.38. The zero-order valence-electron chi connectivity index (χ0n) is 14.3. The Morgan fingerprint density at radius 1 is 1.28 bits per heavy atom. The van der Waals surface area contributed by atoms with Gasteiger partial charge in [-0.1, -0.05) is 11.2 Å². The van der Waals surface area contributed by atoms with Gasteiger partial charge in [0, 0.05) is 23.0 Å². The van der Waals surface area contributed by atoms with Crippen molar-refractivity contribution in [3.63, 3.8) is 0 Å². The van der Waals surface area contributed by atoms with Crippen LogP contribution in [0.15, 0.2) is 35.7 Å². The molecule has 0 spiro atoms. The molecule has 1 aromatic carbocycles. The highest BCUT2D eigenvalue weighted by molar-refractivity contribution is 6.06. The van der Waals surface area contributed by atoms with E-state index in [0.717, 1.165) is 48.7 Å². The number of aromatic nitrogens is 1. The number of nitrogens with zero attached hydrogens (tertiary/aromatic N) is 2. The first kappa shape index (κ1) is 17.1. The number of hydrogen-bond acceptors (Lipinski definition) is 4. The number of pyridine rings is 1. The van der Waals surface area contributed by atoms with E-state index in [1.807, 2.05) is 18.2 Å². The van der Waals surface area contributed by atoms with Crippen LogP contribution in [0, 0.1) is 12.7 Å². The zero-order valence-corrected chi connectivity index (χ0v) is 14.3. The van der Waals surface area contributed by atoms with Gasteiger partial charge in [-0.25, -0.2) is 4.39 Å². The second-order valence-electron chi connectivity index (χ2n) is 6.05. The van der Waals surface area contributed by atoms with E-state index in [1.54, 1.807) is 14.0 Å². The van der Waals surface area contributed by atoms with Crippen LogP contribution in [0.4, 0.5) is 10.1 Å². The SMILES string of the molecule is CO/N=C1\CCCCc2cc(NC(=O)c3cncc(F)c3C)ccc21. The predicted molar refractivity (Wildman–Crippen MR) is 94.4 cm³/mol. The van der Waals surface area contributed by atoms with E-state index in [1.165, 1.54) is 6.20 Å². The van der Waals surface area contributed by atoms with E-state index >= 15 is 0 Å².